The van der Waals surface area contributed by atoms with Crippen molar-refractivity contribution in [1.29, 1.82) is 0 Å². The predicted molar refractivity (Wildman–Crippen MR) is 81.5 cm³/mol. The Labute approximate surface area is 115 Å². The maximum absolute atomic E-state index is 6.03. The highest BCUT2D eigenvalue weighted by atomic mass is 16.5. The zero-order valence-electron chi connectivity index (χ0n) is 12.0. The second-order valence-corrected chi connectivity index (χ2v) is 5.20. The van der Waals surface area contributed by atoms with Crippen molar-refractivity contribution in [3.8, 4) is 16.9 Å². The Balaban J connectivity index is 2.32. The normalized spacial score (nSPS) is 10.8. The number of hydrogen-bond donors (Lipinski definition) is 1. The predicted octanol–water partition coefficient (Wildman–Crippen LogP) is 4.34. The summed E-state index contributed by atoms with van der Waals surface area (Å²) < 4.78 is 5.65. The van der Waals surface area contributed by atoms with Crippen molar-refractivity contribution in [2.24, 2.45) is 0 Å². The van der Waals surface area contributed by atoms with Crippen LogP contribution in [0.4, 0.5) is 5.69 Å². The van der Waals surface area contributed by atoms with E-state index in [4.69, 9.17) is 10.5 Å². The third kappa shape index (κ3) is 3.08. The van der Waals surface area contributed by atoms with Crippen molar-refractivity contribution in [1.82, 2.24) is 0 Å². The van der Waals surface area contributed by atoms with E-state index >= 15 is 0 Å². The minimum Gasteiger partial charge on any atom is -0.491 e. The van der Waals surface area contributed by atoms with Crippen LogP contribution in [-0.4, -0.2) is 6.10 Å². The standard InChI is InChI=1S/C17H21NO/c1-11(2)19-16-7-5-14(6-8-16)15-9-12(3)13(4)17(18)10-15/h5-11H,18H2,1-4H3. The van der Waals surface area contributed by atoms with E-state index < -0.39 is 0 Å². The number of nitrogen functional groups attached to an aromatic ring is 1. The molecule has 0 amide bonds. The smallest absolute Gasteiger partial charge is 0.119 e. The molecular weight excluding hydrogens is 234 g/mol. The lowest BCUT2D eigenvalue weighted by Crippen LogP contribution is -2.05. The van der Waals surface area contributed by atoms with Gasteiger partial charge in [-0.15, -0.1) is 0 Å². The lowest BCUT2D eigenvalue weighted by molar-refractivity contribution is 0.242. The van der Waals surface area contributed by atoms with Gasteiger partial charge in [-0.2, -0.15) is 0 Å². The van der Waals surface area contributed by atoms with E-state index in [0.717, 1.165) is 28.1 Å². The molecule has 2 N–H and O–H groups in total. The van der Waals surface area contributed by atoms with E-state index in [1.54, 1.807) is 0 Å². The molecule has 0 saturated carbocycles. The molecule has 0 saturated heterocycles. The number of rotatable bonds is 3. The summed E-state index contributed by atoms with van der Waals surface area (Å²) in [6.45, 7) is 8.19. The van der Waals surface area contributed by atoms with Gasteiger partial charge in [0.15, 0.2) is 0 Å². The molecule has 0 aliphatic heterocycles. The minimum atomic E-state index is 0.197. The first-order valence-electron chi connectivity index (χ1n) is 6.61. The SMILES string of the molecule is Cc1cc(-c2ccc(OC(C)C)cc2)cc(N)c1C. The fraction of sp³-hybridized carbons (Fsp3) is 0.294. The molecule has 2 rings (SSSR count). The quantitative estimate of drug-likeness (QED) is 0.828. The Morgan fingerprint density at radius 3 is 2.11 bits per heavy atom. The van der Waals surface area contributed by atoms with Gasteiger partial charge in [0.05, 0.1) is 6.10 Å². The Hall–Kier alpha value is -1.96. The summed E-state index contributed by atoms with van der Waals surface area (Å²) in [6.07, 6.45) is 0.197. The molecule has 0 aliphatic carbocycles. The summed E-state index contributed by atoms with van der Waals surface area (Å²) in [5, 5.41) is 0. The van der Waals surface area contributed by atoms with Gasteiger partial charge in [0.2, 0.25) is 0 Å². The van der Waals surface area contributed by atoms with Crippen LogP contribution in [0.25, 0.3) is 11.1 Å². The number of nitrogens with two attached hydrogens (primary N) is 1. The zero-order valence-corrected chi connectivity index (χ0v) is 12.0. The molecule has 0 unspecified atom stereocenters. The summed E-state index contributed by atoms with van der Waals surface area (Å²) in [5.74, 6) is 0.899. The summed E-state index contributed by atoms with van der Waals surface area (Å²) in [7, 11) is 0. The third-order valence-corrected chi connectivity index (χ3v) is 3.27. The fourth-order valence-electron chi connectivity index (χ4n) is 2.05. The van der Waals surface area contributed by atoms with Gasteiger partial charge in [0, 0.05) is 5.69 Å². The molecule has 0 atom stereocenters. The average Bonchev–Trinajstić information content (AvgIpc) is 2.35. The molecule has 100 valence electrons. The Bertz CT molecular complexity index is 547. The number of anilines is 1. The Kier molecular flexibility index (Phi) is 3.79. The maximum Gasteiger partial charge on any atom is 0.119 e. The summed E-state index contributed by atoms with van der Waals surface area (Å²) >= 11 is 0. The molecule has 0 aliphatic rings. The van der Waals surface area contributed by atoms with Crippen molar-refractivity contribution in [3.63, 3.8) is 0 Å². The molecule has 2 aromatic carbocycles. The van der Waals surface area contributed by atoms with Gasteiger partial charge in [-0.3, -0.25) is 0 Å². The average molecular weight is 255 g/mol. The third-order valence-electron chi connectivity index (χ3n) is 3.27. The van der Waals surface area contributed by atoms with Gasteiger partial charge < -0.3 is 10.5 Å². The minimum absolute atomic E-state index is 0.197. The zero-order chi connectivity index (χ0) is 14.0. The lowest BCUT2D eigenvalue weighted by atomic mass is 9.99. The first-order valence-corrected chi connectivity index (χ1v) is 6.61. The number of benzene rings is 2. The summed E-state index contributed by atoms with van der Waals surface area (Å²) in [5.41, 5.74) is 11.6. The Morgan fingerprint density at radius 1 is 0.947 bits per heavy atom. The van der Waals surface area contributed by atoms with Gasteiger partial charge in [-0.05, 0) is 68.1 Å². The van der Waals surface area contributed by atoms with Crippen molar-refractivity contribution in [3.05, 3.63) is 47.5 Å². The number of hydrogen-bond acceptors (Lipinski definition) is 2. The van der Waals surface area contributed by atoms with Crippen LogP contribution in [0.2, 0.25) is 0 Å². The molecule has 0 aromatic heterocycles. The molecule has 0 spiro atoms. The topological polar surface area (TPSA) is 35.2 Å². The molecule has 0 heterocycles. The highest BCUT2D eigenvalue weighted by Crippen LogP contribution is 2.28. The van der Waals surface area contributed by atoms with Gasteiger partial charge in [0.25, 0.3) is 0 Å². The van der Waals surface area contributed by atoms with Crippen molar-refractivity contribution in [2.45, 2.75) is 33.8 Å². The number of aryl methyl sites for hydroxylation is 1. The van der Waals surface area contributed by atoms with Crippen LogP contribution < -0.4 is 10.5 Å². The van der Waals surface area contributed by atoms with E-state index in [1.807, 2.05) is 39.0 Å². The monoisotopic (exact) mass is 255 g/mol. The molecule has 0 bridgehead atoms. The molecule has 2 heteroatoms. The van der Waals surface area contributed by atoms with Crippen molar-refractivity contribution < 1.29 is 4.74 Å². The van der Waals surface area contributed by atoms with E-state index in [2.05, 4.69) is 25.1 Å². The van der Waals surface area contributed by atoms with E-state index in [-0.39, 0.29) is 6.10 Å². The molecule has 2 nitrogen and oxygen atoms in total. The van der Waals surface area contributed by atoms with E-state index in [1.165, 1.54) is 5.56 Å². The summed E-state index contributed by atoms with van der Waals surface area (Å²) in [6, 6.07) is 12.3. The second-order valence-electron chi connectivity index (χ2n) is 5.20. The molecular formula is C17H21NO. The Morgan fingerprint density at radius 2 is 1.58 bits per heavy atom. The van der Waals surface area contributed by atoms with Crippen molar-refractivity contribution >= 4 is 5.69 Å². The first kappa shape index (κ1) is 13.5. The van der Waals surface area contributed by atoms with E-state index in [9.17, 15) is 0 Å². The van der Waals surface area contributed by atoms with Gasteiger partial charge in [0.1, 0.15) is 5.75 Å². The van der Waals surface area contributed by atoms with Crippen LogP contribution in [0.3, 0.4) is 0 Å². The lowest BCUT2D eigenvalue weighted by Gasteiger charge is -2.12. The van der Waals surface area contributed by atoms with Crippen molar-refractivity contribution in [2.75, 3.05) is 5.73 Å². The second kappa shape index (κ2) is 5.35. The van der Waals surface area contributed by atoms with Crippen LogP contribution in [0.1, 0.15) is 25.0 Å². The number of ether oxygens (including phenoxy) is 1. The van der Waals surface area contributed by atoms with Gasteiger partial charge >= 0.3 is 0 Å². The van der Waals surface area contributed by atoms with Crippen LogP contribution in [0, 0.1) is 13.8 Å². The molecule has 2 aromatic rings. The highest BCUT2D eigenvalue weighted by Gasteiger charge is 2.04. The molecule has 0 radical (unpaired) electrons. The first-order chi connectivity index (χ1) is 8.97. The van der Waals surface area contributed by atoms with Crippen LogP contribution in [-0.2, 0) is 0 Å². The van der Waals surface area contributed by atoms with Crippen LogP contribution >= 0.6 is 0 Å². The maximum atomic E-state index is 6.03. The van der Waals surface area contributed by atoms with Crippen LogP contribution in [0.15, 0.2) is 36.4 Å². The highest BCUT2D eigenvalue weighted by molar-refractivity contribution is 5.71. The van der Waals surface area contributed by atoms with Gasteiger partial charge in [-0.1, -0.05) is 18.2 Å². The van der Waals surface area contributed by atoms with E-state index in [0.29, 0.717) is 0 Å². The molecule has 0 fully saturated rings. The van der Waals surface area contributed by atoms with Gasteiger partial charge in [-0.25, -0.2) is 0 Å². The fourth-order valence-corrected chi connectivity index (χ4v) is 2.05. The molecule has 19 heavy (non-hydrogen) atoms. The van der Waals surface area contributed by atoms with Crippen LogP contribution in [0.5, 0.6) is 5.75 Å². The largest absolute Gasteiger partial charge is 0.491 e. The summed E-state index contributed by atoms with van der Waals surface area (Å²) in [4.78, 5) is 0.